The van der Waals surface area contributed by atoms with E-state index in [2.05, 4.69) is 200 Å². The highest BCUT2D eigenvalue weighted by molar-refractivity contribution is 7.97. The van der Waals surface area contributed by atoms with Gasteiger partial charge in [0, 0.05) is 22.1 Å². The third-order valence-electron chi connectivity index (χ3n) is 11.4. The Hall–Kier alpha value is -6.81. The average Bonchev–Trinajstić information content (AvgIpc) is 3.32. The molecule has 0 spiro atoms. The predicted molar refractivity (Wildman–Crippen MR) is 250 cm³/mol. The highest BCUT2D eigenvalue weighted by Gasteiger charge is 2.65. The second kappa shape index (κ2) is 17.2. The number of benzene rings is 10. The van der Waals surface area contributed by atoms with Crippen LogP contribution in [0.1, 0.15) is 16.7 Å². The molecule has 0 fully saturated rings. The molecule has 0 saturated heterocycles. The molecular formula is C55H41BO3P-. The van der Waals surface area contributed by atoms with Crippen molar-refractivity contribution < 1.29 is 14.7 Å². The van der Waals surface area contributed by atoms with Crippen LogP contribution in [0.3, 0.4) is 0 Å². The zero-order valence-electron chi connectivity index (χ0n) is 32.9. The van der Waals surface area contributed by atoms with E-state index in [9.17, 15) is 10.0 Å². The van der Waals surface area contributed by atoms with Gasteiger partial charge in [0.15, 0.2) is 5.16 Å². The highest BCUT2D eigenvalue weighted by Crippen LogP contribution is 2.74. The van der Waals surface area contributed by atoms with Crippen molar-refractivity contribution in [2.24, 2.45) is 0 Å². The van der Waals surface area contributed by atoms with Crippen molar-refractivity contribution in [2.45, 2.75) is 5.16 Å². The van der Waals surface area contributed by atoms with E-state index in [0.717, 1.165) is 32.3 Å². The fourth-order valence-electron chi connectivity index (χ4n) is 9.07. The monoisotopic (exact) mass is 791 g/mol. The molecule has 0 bridgehead atoms. The van der Waals surface area contributed by atoms with E-state index < -0.39 is 19.7 Å². The minimum atomic E-state index is -2.46. The molecule has 288 valence electrons. The molecule has 0 aromatic heterocycles. The third-order valence-corrected chi connectivity index (χ3v) is 16.4. The Morgan fingerprint density at radius 1 is 0.350 bits per heavy atom. The molecule has 10 aromatic rings. The van der Waals surface area contributed by atoms with Crippen LogP contribution >= 0.6 is 7.26 Å². The lowest BCUT2D eigenvalue weighted by Crippen LogP contribution is -2.50. The van der Waals surface area contributed by atoms with Gasteiger partial charge >= 0.3 is 0 Å². The van der Waals surface area contributed by atoms with Crippen molar-refractivity contribution in [3.05, 3.63) is 265 Å². The maximum Gasteiger partial charge on any atom is 0.168 e. The van der Waals surface area contributed by atoms with Gasteiger partial charge in [0.1, 0.15) is 36.2 Å². The van der Waals surface area contributed by atoms with Crippen molar-refractivity contribution in [3.8, 4) is 5.75 Å². The van der Waals surface area contributed by atoms with Crippen LogP contribution in [0.2, 0.25) is 0 Å². The molecule has 0 atom stereocenters. The average molecular weight is 792 g/mol. The molecule has 0 unspecified atom stereocenters. The summed E-state index contributed by atoms with van der Waals surface area (Å²) in [6.45, 7) is 0. The lowest BCUT2D eigenvalue weighted by molar-refractivity contribution is -0.372. The Balaban J connectivity index is 0.000000178. The Morgan fingerprint density at radius 2 is 0.717 bits per heavy atom. The standard InChI is InChI=1S/C37H30P.C18H11BO3/c1-7-19-31(20-8-1)37(32-21-9-2-10-22-32,33-23-11-3-12-24-33)38(34-25-13-4-14-26-34,35-27-15-5-16-28-35)36-29-17-6-18-30-36;20-19(21)22-17-7-3-6-12-8-9-15-10-13-4-1-2-5-14(13)11-16(15)18(12)17/h1-30H;1-11H/q+1;-2. The first-order valence-electron chi connectivity index (χ1n) is 20.2. The highest BCUT2D eigenvalue weighted by atomic mass is 31.2. The van der Waals surface area contributed by atoms with E-state index in [1.165, 1.54) is 32.6 Å². The first-order chi connectivity index (χ1) is 29.6. The van der Waals surface area contributed by atoms with Gasteiger partial charge in [-0.1, -0.05) is 194 Å². The molecule has 60 heavy (non-hydrogen) atoms. The third kappa shape index (κ3) is 6.95. The molecule has 0 amide bonds. The maximum absolute atomic E-state index is 10.9. The Bertz CT molecular complexity index is 2650. The van der Waals surface area contributed by atoms with Gasteiger partial charge < -0.3 is 14.7 Å². The first-order valence-corrected chi connectivity index (χ1v) is 21.9. The van der Waals surface area contributed by atoms with Gasteiger partial charge in [-0.3, -0.25) is 0 Å². The van der Waals surface area contributed by atoms with E-state index in [4.69, 9.17) is 4.65 Å². The van der Waals surface area contributed by atoms with Crippen LogP contribution < -0.4 is 30.6 Å². The van der Waals surface area contributed by atoms with E-state index in [1.54, 1.807) is 12.1 Å². The van der Waals surface area contributed by atoms with Gasteiger partial charge in [0.2, 0.25) is 0 Å². The largest absolute Gasteiger partial charge is 0.860 e. The lowest BCUT2D eigenvalue weighted by Gasteiger charge is -2.46. The van der Waals surface area contributed by atoms with Crippen LogP contribution in [0.15, 0.2) is 249 Å². The van der Waals surface area contributed by atoms with E-state index in [-0.39, 0.29) is 0 Å². The second-order valence-corrected chi connectivity index (χ2v) is 18.3. The molecule has 0 aliphatic rings. The van der Waals surface area contributed by atoms with E-state index >= 15 is 0 Å². The number of rotatable bonds is 9. The summed E-state index contributed by atoms with van der Waals surface area (Å²) in [6.07, 6.45) is 0. The minimum absolute atomic E-state index is 0.341. The molecule has 0 saturated carbocycles. The zero-order valence-corrected chi connectivity index (χ0v) is 33.8. The summed E-state index contributed by atoms with van der Waals surface area (Å²) in [5.41, 5.74) is 3.88. The van der Waals surface area contributed by atoms with Gasteiger partial charge in [-0.25, -0.2) is 0 Å². The number of hydrogen-bond acceptors (Lipinski definition) is 3. The molecule has 3 nitrogen and oxygen atoms in total. The molecule has 0 radical (unpaired) electrons. The molecule has 0 N–H and O–H groups in total. The Morgan fingerprint density at radius 3 is 1.15 bits per heavy atom. The summed E-state index contributed by atoms with van der Waals surface area (Å²) in [7, 11) is -4.79. The zero-order chi connectivity index (χ0) is 40.8. The summed E-state index contributed by atoms with van der Waals surface area (Å²) in [4.78, 5) is 0. The second-order valence-electron chi connectivity index (χ2n) is 14.7. The van der Waals surface area contributed by atoms with Crippen LogP contribution in [0.25, 0.3) is 32.3 Å². The van der Waals surface area contributed by atoms with Crippen molar-refractivity contribution in [1.29, 1.82) is 0 Å². The van der Waals surface area contributed by atoms with Crippen molar-refractivity contribution >= 4 is 62.8 Å². The van der Waals surface area contributed by atoms with Crippen molar-refractivity contribution in [2.75, 3.05) is 0 Å². The van der Waals surface area contributed by atoms with Gasteiger partial charge in [-0.2, -0.15) is 0 Å². The summed E-state index contributed by atoms with van der Waals surface area (Å²) in [5, 5.41) is 31.4. The van der Waals surface area contributed by atoms with Crippen LogP contribution in [0.4, 0.5) is 0 Å². The molecule has 0 aliphatic heterocycles. The summed E-state index contributed by atoms with van der Waals surface area (Å²) in [6, 6.07) is 88.7. The fraction of sp³-hybridized carbons (Fsp3) is 0.0182. The quantitative estimate of drug-likeness (QED) is 0.0481. The van der Waals surface area contributed by atoms with Crippen LogP contribution in [0, 0.1) is 0 Å². The summed E-state index contributed by atoms with van der Waals surface area (Å²) >= 11 is 0. The van der Waals surface area contributed by atoms with E-state index in [1.807, 2.05) is 36.4 Å². The van der Waals surface area contributed by atoms with Crippen molar-refractivity contribution in [1.82, 2.24) is 0 Å². The molecule has 5 heteroatoms. The topological polar surface area (TPSA) is 55.3 Å². The predicted octanol–water partition coefficient (Wildman–Crippen LogP) is 10.2. The minimum Gasteiger partial charge on any atom is -0.860 e. The molecule has 10 aromatic carbocycles. The smallest absolute Gasteiger partial charge is 0.168 e. The Labute approximate surface area is 352 Å². The number of fused-ring (bicyclic) bond motifs is 4. The van der Waals surface area contributed by atoms with Gasteiger partial charge in [0.05, 0.1) is 0 Å². The van der Waals surface area contributed by atoms with Gasteiger partial charge in [-0.15, -0.1) is 0 Å². The first kappa shape index (κ1) is 38.7. The molecular weight excluding hydrogens is 750 g/mol. The van der Waals surface area contributed by atoms with Crippen LogP contribution in [0.5, 0.6) is 5.75 Å². The summed E-state index contributed by atoms with van der Waals surface area (Å²) in [5.74, 6) is 0.341. The molecule has 10 rings (SSSR count). The van der Waals surface area contributed by atoms with Crippen molar-refractivity contribution in [3.63, 3.8) is 0 Å². The number of hydrogen-bond donors (Lipinski definition) is 0. The lowest BCUT2D eigenvalue weighted by atomic mass is 9.84. The molecule has 0 aliphatic carbocycles. The van der Waals surface area contributed by atoms with E-state index in [0.29, 0.717) is 5.75 Å². The SMILES string of the molecule is [O-]B([O-])Oc1cccc2ccc3cc4ccccc4cc3c12.c1ccc(C(c2ccccc2)(c2ccccc2)[P+](c2ccccc2)(c2ccccc2)c2ccccc2)cc1. The maximum atomic E-state index is 10.9. The molecule has 0 heterocycles. The summed E-state index contributed by atoms with van der Waals surface area (Å²) < 4.78 is 4.94. The van der Waals surface area contributed by atoms with Gasteiger partial charge in [0.25, 0.3) is 0 Å². The van der Waals surface area contributed by atoms with Crippen LogP contribution in [-0.4, -0.2) is 7.32 Å². The normalized spacial score (nSPS) is 11.5. The van der Waals surface area contributed by atoms with Gasteiger partial charge in [-0.05, 0) is 81.5 Å². The Kier molecular flexibility index (Phi) is 11.1. The fourth-order valence-corrected chi connectivity index (χ4v) is 14.6. The van der Waals surface area contributed by atoms with Crippen LogP contribution in [-0.2, 0) is 5.16 Å².